The summed E-state index contributed by atoms with van der Waals surface area (Å²) in [6.07, 6.45) is -7.03. The zero-order chi connectivity index (χ0) is 47.9. The van der Waals surface area contributed by atoms with Gasteiger partial charge in [0.15, 0.2) is 0 Å². The molecular weight excluding hydrogens is 960 g/mol. The van der Waals surface area contributed by atoms with Crippen molar-refractivity contribution in [3.05, 3.63) is 246 Å². The van der Waals surface area contributed by atoms with Crippen molar-refractivity contribution >= 4 is 19.4 Å². The molecule has 71 heavy (non-hydrogen) atoms. The molecule has 11 atom stereocenters. The van der Waals surface area contributed by atoms with Crippen LogP contribution in [0, 0.1) is 0 Å². The average Bonchev–Trinajstić information content (AvgIpc) is 3.43. The Hall–Kier alpha value is -5.34. The summed E-state index contributed by atoms with van der Waals surface area (Å²) in [5.41, 5.74) is 5.97. The Balaban J connectivity index is 1.05. The summed E-state index contributed by atoms with van der Waals surface area (Å²) in [5, 5.41) is -0.398. The van der Waals surface area contributed by atoms with E-state index in [1.165, 1.54) is 0 Å². The van der Waals surface area contributed by atoms with Crippen molar-refractivity contribution in [2.24, 2.45) is 0 Å². The maximum atomic E-state index is 7.63. The molecule has 0 bridgehead atoms. The van der Waals surface area contributed by atoms with Crippen molar-refractivity contribution < 1.29 is 47.4 Å². The number of fused-ring (bicyclic) bond motifs is 1. The van der Waals surface area contributed by atoms with Crippen LogP contribution >= 0.6 is 0 Å². The molecule has 7 aromatic rings. The van der Waals surface area contributed by atoms with Crippen LogP contribution in [0.25, 0.3) is 0 Å². The predicted molar refractivity (Wildman–Crippen MR) is 270 cm³/mol. The summed E-state index contributed by atoms with van der Waals surface area (Å²) >= 11 is -0.215. The molecule has 366 valence electrons. The van der Waals surface area contributed by atoms with Crippen LogP contribution in [0.1, 0.15) is 39.7 Å². The van der Waals surface area contributed by atoms with Crippen LogP contribution < -0.4 is 4.46 Å². The standard InChI is InChI=1S/C60H60O10Se/c1-8-22-43(23-9-1)36-61-41-50-52(62-37-44-24-10-2-11-25-44)54(63-38-45-26-12-3-13-27-45)56(64-39-46-28-14-4-15-29-46)59(67-50)70-55-53-51(42-66-58(69-53)48-32-18-6-19-33-48)68-60(71-49-34-20-7-21-35-49)57(55)65-40-47-30-16-5-17-31-47/h1-35,50-60H,36-42H2/t50-,51-,52-,53-,54+,55+,56+,57+,58?,59-,60-/m1/s1. The third-order valence-electron chi connectivity index (χ3n) is 12.8. The van der Waals surface area contributed by atoms with E-state index in [9.17, 15) is 0 Å². The van der Waals surface area contributed by atoms with Crippen LogP contribution in [-0.2, 0) is 80.4 Å². The molecule has 7 aromatic carbocycles. The fourth-order valence-electron chi connectivity index (χ4n) is 9.16. The Morgan fingerprint density at radius 1 is 0.408 bits per heavy atom. The molecule has 3 aliphatic heterocycles. The molecule has 3 aliphatic rings. The Bertz CT molecular complexity index is 2590. The second-order valence-corrected chi connectivity index (χ2v) is 20.3. The van der Waals surface area contributed by atoms with Gasteiger partial charge in [-0.2, -0.15) is 0 Å². The topological polar surface area (TPSA) is 92.3 Å². The van der Waals surface area contributed by atoms with E-state index in [1.807, 2.05) is 127 Å². The zero-order valence-corrected chi connectivity index (χ0v) is 41.2. The van der Waals surface area contributed by atoms with Gasteiger partial charge in [0.25, 0.3) is 0 Å². The molecule has 3 heterocycles. The van der Waals surface area contributed by atoms with Gasteiger partial charge < -0.3 is 0 Å². The monoisotopic (exact) mass is 1020 g/mol. The Labute approximate surface area is 423 Å². The van der Waals surface area contributed by atoms with Gasteiger partial charge in [-0.15, -0.1) is 0 Å². The van der Waals surface area contributed by atoms with Gasteiger partial charge in [0, 0.05) is 0 Å². The third-order valence-corrected chi connectivity index (χ3v) is 15.2. The van der Waals surface area contributed by atoms with E-state index in [4.69, 9.17) is 47.4 Å². The second kappa shape index (κ2) is 25.4. The molecule has 0 radical (unpaired) electrons. The van der Waals surface area contributed by atoms with Gasteiger partial charge in [0.1, 0.15) is 0 Å². The fraction of sp³-hybridized carbons (Fsp3) is 0.300. The quantitative estimate of drug-likeness (QED) is 0.0649. The van der Waals surface area contributed by atoms with E-state index in [1.54, 1.807) is 0 Å². The summed E-state index contributed by atoms with van der Waals surface area (Å²) in [4.78, 5) is 0. The van der Waals surface area contributed by atoms with Gasteiger partial charge in [-0.3, -0.25) is 0 Å². The molecule has 10 nitrogen and oxygen atoms in total. The molecule has 0 aromatic heterocycles. The first-order valence-electron chi connectivity index (χ1n) is 24.4. The molecule has 0 spiro atoms. The van der Waals surface area contributed by atoms with E-state index in [0.717, 1.165) is 37.8 Å². The van der Waals surface area contributed by atoms with Crippen molar-refractivity contribution in [3.63, 3.8) is 0 Å². The van der Waals surface area contributed by atoms with Crippen LogP contribution in [0.3, 0.4) is 0 Å². The summed E-state index contributed by atoms with van der Waals surface area (Å²) in [6.45, 7) is 2.01. The first kappa shape index (κ1) is 49.2. The van der Waals surface area contributed by atoms with E-state index in [2.05, 4.69) is 84.9 Å². The molecule has 3 fully saturated rings. The fourth-order valence-corrected chi connectivity index (χ4v) is 11.6. The van der Waals surface area contributed by atoms with Gasteiger partial charge in [0.05, 0.1) is 0 Å². The molecule has 0 saturated carbocycles. The maximum absolute atomic E-state index is 7.63. The summed E-state index contributed by atoms with van der Waals surface area (Å²) in [7, 11) is 0. The Kier molecular flexibility index (Phi) is 17.6. The van der Waals surface area contributed by atoms with Gasteiger partial charge in [-0.1, -0.05) is 42.5 Å². The smallest absolute Gasteiger partial charge is 0.0622 e. The van der Waals surface area contributed by atoms with Crippen molar-refractivity contribution in [3.8, 4) is 0 Å². The van der Waals surface area contributed by atoms with Crippen molar-refractivity contribution in [1.29, 1.82) is 0 Å². The number of hydrogen-bond donors (Lipinski definition) is 0. The zero-order valence-electron chi connectivity index (χ0n) is 39.5. The van der Waals surface area contributed by atoms with Gasteiger partial charge in [-0.25, -0.2) is 0 Å². The third kappa shape index (κ3) is 13.4. The van der Waals surface area contributed by atoms with Crippen LogP contribution in [0.15, 0.2) is 212 Å². The van der Waals surface area contributed by atoms with E-state index >= 15 is 0 Å². The van der Waals surface area contributed by atoms with Crippen LogP contribution in [0.5, 0.6) is 0 Å². The van der Waals surface area contributed by atoms with Crippen LogP contribution in [-0.4, -0.2) is 88.3 Å². The Morgan fingerprint density at radius 2 is 0.845 bits per heavy atom. The number of ether oxygens (including phenoxy) is 10. The van der Waals surface area contributed by atoms with Crippen LogP contribution in [0.2, 0.25) is 0 Å². The molecule has 0 N–H and O–H groups in total. The first-order chi connectivity index (χ1) is 35.2. The van der Waals surface area contributed by atoms with Crippen molar-refractivity contribution in [2.45, 2.75) is 99.4 Å². The second-order valence-electron chi connectivity index (χ2n) is 17.8. The van der Waals surface area contributed by atoms with Gasteiger partial charge in [0.2, 0.25) is 0 Å². The van der Waals surface area contributed by atoms with Crippen molar-refractivity contribution in [2.75, 3.05) is 13.2 Å². The summed E-state index contributed by atoms with van der Waals surface area (Å²) in [5.74, 6) is 0. The summed E-state index contributed by atoms with van der Waals surface area (Å²) in [6, 6.07) is 71.1. The molecule has 1 unspecified atom stereocenters. The van der Waals surface area contributed by atoms with Gasteiger partial charge >= 0.3 is 383 Å². The minimum Gasteiger partial charge on any atom is -0.0622 e. The number of rotatable bonds is 21. The van der Waals surface area contributed by atoms with Crippen LogP contribution in [0.4, 0.5) is 0 Å². The number of hydrogen-bond acceptors (Lipinski definition) is 10. The molecule has 0 amide bonds. The minimum atomic E-state index is -1.03. The van der Waals surface area contributed by atoms with E-state index in [0.29, 0.717) is 19.8 Å². The van der Waals surface area contributed by atoms with E-state index < -0.39 is 66.4 Å². The molecule has 3 saturated heterocycles. The molecular formula is C60H60O10Se. The predicted octanol–water partition coefficient (Wildman–Crippen LogP) is 9.52. The number of benzene rings is 7. The van der Waals surface area contributed by atoms with E-state index in [-0.39, 0.29) is 41.4 Å². The van der Waals surface area contributed by atoms with Crippen molar-refractivity contribution in [1.82, 2.24) is 0 Å². The normalized spacial score (nSPS) is 26.3. The van der Waals surface area contributed by atoms with Gasteiger partial charge in [-0.05, 0) is 0 Å². The summed E-state index contributed by atoms with van der Waals surface area (Å²) < 4.78 is 71.6. The first-order valence-corrected chi connectivity index (χ1v) is 26.3. The average molecular weight is 1020 g/mol. The molecule has 11 heteroatoms. The minimum absolute atomic E-state index is 0.179. The molecule has 10 rings (SSSR count). The SMILES string of the molecule is c1ccc(COC[C@H]2O[C@H](O[C@@H]3[C@H](OCc4ccccc4)[C@@H]([Se]c4ccccc4)O[C@@H]4COC(c5ccccc5)O[C@@H]34)[C@@H](OCc3ccccc3)[C@@H](OCc3ccccc3)[C@@H]2OCc2ccccc2)cc1. The molecule has 0 aliphatic carbocycles. The Morgan fingerprint density at radius 3 is 1.37 bits per heavy atom.